The molecule has 1 fully saturated rings. The Morgan fingerprint density at radius 1 is 1.24 bits per heavy atom. The predicted molar refractivity (Wildman–Crippen MR) is 70.4 cm³/mol. The van der Waals surface area contributed by atoms with E-state index in [2.05, 4.69) is 23.4 Å². The van der Waals surface area contributed by atoms with Crippen molar-refractivity contribution in [2.45, 2.75) is 45.6 Å². The monoisotopic (exact) mass is 235 g/mol. The standard InChI is InChI=1S/C14H25N3/c1-10(2)11-4-6-12(7-5-11)13(15)14-16-8-9-17(14)3/h8-13H,4-7,15H2,1-3H3. The fourth-order valence-corrected chi connectivity index (χ4v) is 3.08. The Labute approximate surface area is 104 Å². The van der Waals surface area contributed by atoms with Crippen LogP contribution in [0.1, 0.15) is 51.4 Å². The van der Waals surface area contributed by atoms with Crippen molar-refractivity contribution in [2.24, 2.45) is 30.5 Å². The van der Waals surface area contributed by atoms with Crippen LogP contribution in [0.2, 0.25) is 0 Å². The van der Waals surface area contributed by atoms with Crippen LogP contribution in [0, 0.1) is 17.8 Å². The molecule has 3 nitrogen and oxygen atoms in total. The van der Waals surface area contributed by atoms with Crippen molar-refractivity contribution in [3.8, 4) is 0 Å². The lowest BCUT2D eigenvalue weighted by atomic mass is 9.74. The molecule has 0 spiro atoms. The van der Waals surface area contributed by atoms with Gasteiger partial charge in [-0.3, -0.25) is 0 Å². The molecule has 0 bridgehead atoms. The van der Waals surface area contributed by atoms with Gasteiger partial charge in [0, 0.05) is 19.4 Å². The molecule has 1 aliphatic rings. The summed E-state index contributed by atoms with van der Waals surface area (Å²) in [6, 6.07) is 0.114. The molecule has 1 heterocycles. The molecular weight excluding hydrogens is 210 g/mol. The second-order valence-corrected chi connectivity index (χ2v) is 5.84. The first-order chi connectivity index (χ1) is 8.09. The van der Waals surface area contributed by atoms with Crippen LogP contribution in [0.3, 0.4) is 0 Å². The van der Waals surface area contributed by atoms with Gasteiger partial charge in [-0.05, 0) is 43.4 Å². The highest BCUT2D eigenvalue weighted by atomic mass is 15.1. The van der Waals surface area contributed by atoms with Gasteiger partial charge >= 0.3 is 0 Å². The van der Waals surface area contributed by atoms with Gasteiger partial charge in [-0.2, -0.15) is 0 Å². The fraction of sp³-hybridized carbons (Fsp3) is 0.786. The predicted octanol–water partition coefficient (Wildman–Crippen LogP) is 2.88. The van der Waals surface area contributed by atoms with Crippen LogP contribution < -0.4 is 5.73 Å². The molecule has 0 aromatic carbocycles. The van der Waals surface area contributed by atoms with Crippen molar-refractivity contribution in [1.29, 1.82) is 0 Å². The zero-order chi connectivity index (χ0) is 12.4. The number of aryl methyl sites for hydroxylation is 1. The summed E-state index contributed by atoms with van der Waals surface area (Å²) in [5, 5.41) is 0. The molecule has 2 N–H and O–H groups in total. The Hall–Kier alpha value is -0.830. The molecule has 96 valence electrons. The lowest BCUT2D eigenvalue weighted by Gasteiger charge is -2.33. The molecule has 1 aliphatic carbocycles. The highest BCUT2D eigenvalue weighted by Crippen LogP contribution is 2.37. The van der Waals surface area contributed by atoms with E-state index in [-0.39, 0.29) is 6.04 Å². The minimum atomic E-state index is 0.114. The van der Waals surface area contributed by atoms with Crippen LogP contribution >= 0.6 is 0 Å². The lowest BCUT2D eigenvalue weighted by Crippen LogP contribution is -2.29. The molecule has 1 aromatic rings. The Balaban J connectivity index is 1.95. The molecule has 0 saturated heterocycles. The van der Waals surface area contributed by atoms with Crippen LogP contribution in [0.5, 0.6) is 0 Å². The molecule has 0 radical (unpaired) electrons. The maximum absolute atomic E-state index is 6.35. The van der Waals surface area contributed by atoms with Crippen molar-refractivity contribution < 1.29 is 0 Å². The maximum Gasteiger partial charge on any atom is 0.125 e. The van der Waals surface area contributed by atoms with Crippen molar-refractivity contribution in [3.05, 3.63) is 18.2 Å². The van der Waals surface area contributed by atoms with E-state index in [0.29, 0.717) is 5.92 Å². The lowest BCUT2D eigenvalue weighted by molar-refractivity contribution is 0.200. The summed E-state index contributed by atoms with van der Waals surface area (Å²) >= 11 is 0. The second kappa shape index (κ2) is 5.21. The zero-order valence-electron chi connectivity index (χ0n) is 11.3. The van der Waals surface area contributed by atoms with E-state index in [0.717, 1.165) is 17.7 Å². The molecule has 0 amide bonds. The third kappa shape index (κ3) is 2.71. The third-order valence-corrected chi connectivity index (χ3v) is 4.42. The number of hydrogen-bond donors (Lipinski definition) is 1. The molecule has 0 aliphatic heterocycles. The number of imidazole rings is 1. The normalized spacial score (nSPS) is 27.4. The summed E-state index contributed by atoms with van der Waals surface area (Å²) in [5.41, 5.74) is 6.35. The number of hydrogen-bond acceptors (Lipinski definition) is 2. The second-order valence-electron chi connectivity index (χ2n) is 5.84. The number of nitrogens with two attached hydrogens (primary N) is 1. The summed E-state index contributed by atoms with van der Waals surface area (Å²) in [5.74, 6) is 3.38. The van der Waals surface area contributed by atoms with Crippen LogP contribution in [-0.2, 0) is 7.05 Å². The SMILES string of the molecule is CC(C)C1CCC(C(N)c2nccn2C)CC1. The smallest absolute Gasteiger partial charge is 0.125 e. The fourth-order valence-electron chi connectivity index (χ4n) is 3.08. The first-order valence-electron chi connectivity index (χ1n) is 6.82. The maximum atomic E-state index is 6.35. The molecule has 17 heavy (non-hydrogen) atoms. The van der Waals surface area contributed by atoms with Crippen molar-refractivity contribution in [3.63, 3.8) is 0 Å². The Morgan fingerprint density at radius 3 is 2.29 bits per heavy atom. The van der Waals surface area contributed by atoms with E-state index < -0.39 is 0 Å². The van der Waals surface area contributed by atoms with Gasteiger partial charge in [-0.25, -0.2) is 4.98 Å². The Morgan fingerprint density at radius 2 is 1.82 bits per heavy atom. The van der Waals surface area contributed by atoms with E-state index in [1.54, 1.807) is 0 Å². The summed E-state index contributed by atoms with van der Waals surface area (Å²) in [6.07, 6.45) is 9.01. The largest absolute Gasteiger partial charge is 0.337 e. The van der Waals surface area contributed by atoms with Gasteiger partial charge in [-0.1, -0.05) is 13.8 Å². The van der Waals surface area contributed by atoms with Gasteiger partial charge in [0.2, 0.25) is 0 Å². The van der Waals surface area contributed by atoms with Crippen molar-refractivity contribution >= 4 is 0 Å². The van der Waals surface area contributed by atoms with Crippen LogP contribution in [0.25, 0.3) is 0 Å². The van der Waals surface area contributed by atoms with E-state index in [1.165, 1.54) is 25.7 Å². The molecule has 3 heteroatoms. The molecule has 1 unspecified atom stereocenters. The Bertz CT molecular complexity index is 348. The average Bonchev–Trinajstić information content (AvgIpc) is 2.74. The summed E-state index contributed by atoms with van der Waals surface area (Å²) in [7, 11) is 2.03. The summed E-state index contributed by atoms with van der Waals surface area (Å²) < 4.78 is 2.05. The van der Waals surface area contributed by atoms with Crippen LogP contribution in [0.15, 0.2) is 12.4 Å². The topological polar surface area (TPSA) is 43.8 Å². The first-order valence-corrected chi connectivity index (χ1v) is 6.82. The molecule has 1 aromatic heterocycles. The molecule has 1 atom stereocenters. The first kappa shape index (κ1) is 12.6. The molecular formula is C14H25N3. The van der Waals surface area contributed by atoms with E-state index in [4.69, 9.17) is 5.73 Å². The van der Waals surface area contributed by atoms with Crippen LogP contribution in [-0.4, -0.2) is 9.55 Å². The quantitative estimate of drug-likeness (QED) is 0.875. The average molecular weight is 235 g/mol. The van der Waals surface area contributed by atoms with Gasteiger partial charge in [0.05, 0.1) is 6.04 Å². The minimum Gasteiger partial charge on any atom is -0.337 e. The van der Waals surface area contributed by atoms with Gasteiger partial charge in [0.25, 0.3) is 0 Å². The van der Waals surface area contributed by atoms with Gasteiger partial charge in [-0.15, -0.1) is 0 Å². The van der Waals surface area contributed by atoms with Gasteiger partial charge in [0.1, 0.15) is 5.82 Å². The molecule has 2 rings (SSSR count). The van der Waals surface area contributed by atoms with Crippen molar-refractivity contribution in [2.75, 3.05) is 0 Å². The van der Waals surface area contributed by atoms with E-state index in [1.807, 2.05) is 19.4 Å². The molecule has 1 saturated carbocycles. The third-order valence-electron chi connectivity index (χ3n) is 4.42. The van der Waals surface area contributed by atoms with Gasteiger partial charge < -0.3 is 10.3 Å². The zero-order valence-corrected chi connectivity index (χ0v) is 11.3. The summed E-state index contributed by atoms with van der Waals surface area (Å²) in [4.78, 5) is 4.38. The highest BCUT2D eigenvalue weighted by Gasteiger charge is 2.29. The minimum absolute atomic E-state index is 0.114. The summed E-state index contributed by atoms with van der Waals surface area (Å²) in [6.45, 7) is 4.67. The van der Waals surface area contributed by atoms with Gasteiger partial charge in [0.15, 0.2) is 0 Å². The Kier molecular flexibility index (Phi) is 3.87. The number of aromatic nitrogens is 2. The number of nitrogens with zero attached hydrogens (tertiary/aromatic N) is 2. The van der Waals surface area contributed by atoms with Crippen molar-refractivity contribution in [1.82, 2.24) is 9.55 Å². The van der Waals surface area contributed by atoms with E-state index >= 15 is 0 Å². The number of rotatable bonds is 3. The van der Waals surface area contributed by atoms with Crippen LogP contribution in [0.4, 0.5) is 0 Å². The highest BCUT2D eigenvalue weighted by molar-refractivity contribution is 5.00. The van der Waals surface area contributed by atoms with E-state index in [9.17, 15) is 0 Å².